The number of nitrogens with two attached hydrogens (primary N) is 1. The Kier molecular flexibility index (Phi) is 5.08. The fraction of sp³-hybridized carbons (Fsp3) is 0.150. The van der Waals surface area contributed by atoms with E-state index in [1.807, 2.05) is 79.0 Å². The molecule has 0 unspecified atom stereocenters. The van der Waals surface area contributed by atoms with Gasteiger partial charge in [-0.3, -0.25) is 4.79 Å². The third kappa shape index (κ3) is 4.12. The molecule has 3 aromatic rings. The van der Waals surface area contributed by atoms with E-state index in [1.54, 1.807) is 6.26 Å². The minimum atomic E-state index is -0.0371. The lowest BCUT2D eigenvalue weighted by Gasteiger charge is -2.14. The zero-order valence-corrected chi connectivity index (χ0v) is 13.6. The largest absolute Gasteiger partial charge is 0.463 e. The zero-order valence-electron chi connectivity index (χ0n) is 13.6. The van der Waals surface area contributed by atoms with Crippen molar-refractivity contribution in [2.45, 2.75) is 13.0 Å². The van der Waals surface area contributed by atoms with Crippen molar-refractivity contribution in [3.8, 4) is 0 Å². The van der Waals surface area contributed by atoms with Crippen LogP contribution >= 0.6 is 0 Å². The summed E-state index contributed by atoms with van der Waals surface area (Å²) >= 11 is 0. The molecule has 3 N–H and O–H groups in total. The van der Waals surface area contributed by atoms with Gasteiger partial charge < -0.3 is 15.1 Å². The summed E-state index contributed by atoms with van der Waals surface area (Å²) in [6.45, 7) is 2.33. The fourth-order valence-electron chi connectivity index (χ4n) is 2.62. The smallest absolute Gasteiger partial charge is 0.279 e. The van der Waals surface area contributed by atoms with Crippen LogP contribution in [-0.4, -0.2) is 12.5 Å². The molecule has 0 saturated carbocycles. The number of benzene rings is 2. The molecular weight excluding hydrogens is 300 g/mol. The van der Waals surface area contributed by atoms with Crippen LogP contribution < -0.4 is 10.6 Å². The molecule has 0 fully saturated rings. The highest BCUT2D eigenvalue weighted by molar-refractivity contribution is 5.91. The molecule has 4 nitrogen and oxygen atoms in total. The van der Waals surface area contributed by atoms with Crippen LogP contribution in [0.2, 0.25) is 0 Å². The Morgan fingerprint density at radius 1 is 1.04 bits per heavy atom. The number of furan rings is 1. The number of amides is 1. The second kappa shape index (κ2) is 7.62. The van der Waals surface area contributed by atoms with Crippen LogP contribution in [-0.2, 0) is 4.79 Å². The summed E-state index contributed by atoms with van der Waals surface area (Å²) in [6.07, 6.45) is 1.66. The van der Waals surface area contributed by atoms with Crippen molar-refractivity contribution >= 4 is 11.6 Å². The second-order valence-electron chi connectivity index (χ2n) is 5.76. The molecule has 2 aromatic carbocycles. The first-order valence-corrected chi connectivity index (χ1v) is 8.00. The quantitative estimate of drug-likeness (QED) is 0.733. The first kappa shape index (κ1) is 16.0. The Labute approximate surface area is 141 Å². The molecule has 0 aliphatic carbocycles. The number of quaternary nitrogens is 1. The molecule has 24 heavy (non-hydrogen) atoms. The Bertz CT molecular complexity index is 765. The third-order valence-electron chi connectivity index (χ3n) is 3.88. The van der Waals surface area contributed by atoms with Crippen LogP contribution in [0.1, 0.15) is 22.9 Å². The second-order valence-corrected chi connectivity index (χ2v) is 5.76. The molecule has 4 heteroatoms. The Morgan fingerprint density at radius 3 is 2.46 bits per heavy atom. The maximum Gasteiger partial charge on any atom is 0.279 e. The number of aryl methyl sites for hydroxylation is 1. The molecule has 0 bridgehead atoms. The average molecular weight is 321 g/mol. The SMILES string of the molecule is Cc1ccc(NC(=O)C[NH2+][C@H](c2ccccc2)c2ccco2)cc1. The van der Waals surface area contributed by atoms with E-state index in [2.05, 4.69) is 5.32 Å². The van der Waals surface area contributed by atoms with Gasteiger partial charge in [-0.05, 0) is 31.2 Å². The van der Waals surface area contributed by atoms with Crippen LogP contribution in [0.4, 0.5) is 5.69 Å². The van der Waals surface area contributed by atoms with Crippen molar-refractivity contribution < 1.29 is 14.5 Å². The van der Waals surface area contributed by atoms with Crippen molar-refractivity contribution in [3.05, 3.63) is 89.9 Å². The lowest BCUT2D eigenvalue weighted by molar-refractivity contribution is -0.678. The van der Waals surface area contributed by atoms with E-state index in [9.17, 15) is 4.79 Å². The van der Waals surface area contributed by atoms with Crippen molar-refractivity contribution in [1.29, 1.82) is 0 Å². The summed E-state index contributed by atoms with van der Waals surface area (Å²) in [5, 5.41) is 4.90. The normalized spacial score (nSPS) is 11.9. The molecule has 0 radical (unpaired) electrons. The summed E-state index contributed by atoms with van der Waals surface area (Å²) in [5.74, 6) is 0.802. The predicted octanol–water partition coefficient (Wildman–Crippen LogP) is 2.88. The standard InChI is InChI=1S/C20H20N2O2/c1-15-9-11-17(12-10-15)22-19(23)14-21-20(18-8-5-13-24-18)16-6-3-2-4-7-16/h2-13,20-21H,14H2,1H3,(H,22,23)/p+1/t20-/m1/s1. The number of rotatable bonds is 6. The molecular formula is C20H21N2O2+. The molecule has 3 rings (SSSR count). The molecule has 0 aliphatic heterocycles. The summed E-state index contributed by atoms with van der Waals surface area (Å²) < 4.78 is 5.55. The average Bonchev–Trinajstić information content (AvgIpc) is 3.12. The summed E-state index contributed by atoms with van der Waals surface area (Å²) in [7, 11) is 0. The van der Waals surface area contributed by atoms with Crippen LogP contribution in [0.5, 0.6) is 0 Å². The van der Waals surface area contributed by atoms with E-state index < -0.39 is 0 Å². The van der Waals surface area contributed by atoms with Gasteiger partial charge in [0.05, 0.1) is 6.26 Å². The monoisotopic (exact) mass is 321 g/mol. The van der Waals surface area contributed by atoms with Gasteiger partial charge >= 0.3 is 0 Å². The van der Waals surface area contributed by atoms with Gasteiger partial charge in [0.1, 0.15) is 0 Å². The number of carbonyl (C=O) groups excluding carboxylic acids is 1. The molecule has 1 heterocycles. The van der Waals surface area contributed by atoms with E-state index in [1.165, 1.54) is 5.56 Å². The number of carbonyl (C=O) groups is 1. The van der Waals surface area contributed by atoms with E-state index in [0.717, 1.165) is 17.0 Å². The fourth-order valence-corrected chi connectivity index (χ4v) is 2.62. The number of anilines is 1. The Balaban J connectivity index is 1.65. The molecule has 122 valence electrons. The van der Waals surface area contributed by atoms with Crippen LogP contribution in [0.3, 0.4) is 0 Å². The van der Waals surface area contributed by atoms with Crippen molar-refractivity contribution in [3.63, 3.8) is 0 Å². The summed E-state index contributed by atoms with van der Waals surface area (Å²) in [6, 6.07) is 21.6. The Morgan fingerprint density at radius 2 is 1.79 bits per heavy atom. The van der Waals surface area contributed by atoms with E-state index >= 15 is 0 Å². The molecule has 1 atom stereocenters. The topological polar surface area (TPSA) is 58.9 Å². The highest BCUT2D eigenvalue weighted by atomic mass is 16.3. The minimum Gasteiger partial charge on any atom is -0.463 e. The first-order chi connectivity index (χ1) is 11.7. The zero-order chi connectivity index (χ0) is 16.8. The predicted molar refractivity (Wildman–Crippen MR) is 93.6 cm³/mol. The number of hydrogen-bond acceptors (Lipinski definition) is 2. The maximum atomic E-state index is 12.2. The first-order valence-electron chi connectivity index (χ1n) is 8.00. The van der Waals surface area contributed by atoms with Gasteiger partial charge in [-0.15, -0.1) is 0 Å². The Hall–Kier alpha value is -2.85. The van der Waals surface area contributed by atoms with Gasteiger partial charge in [0.2, 0.25) is 0 Å². The lowest BCUT2D eigenvalue weighted by Crippen LogP contribution is -2.87. The highest BCUT2D eigenvalue weighted by Crippen LogP contribution is 2.18. The molecule has 1 aromatic heterocycles. The summed E-state index contributed by atoms with van der Waals surface area (Å²) in [4.78, 5) is 12.2. The van der Waals surface area contributed by atoms with Crippen molar-refractivity contribution in [2.75, 3.05) is 11.9 Å². The van der Waals surface area contributed by atoms with E-state index in [-0.39, 0.29) is 11.9 Å². The van der Waals surface area contributed by atoms with Crippen molar-refractivity contribution in [2.24, 2.45) is 0 Å². The van der Waals surface area contributed by atoms with Gasteiger partial charge in [-0.1, -0.05) is 48.0 Å². The van der Waals surface area contributed by atoms with Crippen molar-refractivity contribution in [1.82, 2.24) is 0 Å². The van der Waals surface area contributed by atoms with Gasteiger partial charge in [-0.2, -0.15) is 0 Å². The van der Waals surface area contributed by atoms with Crippen LogP contribution in [0, 0.1) is 6.92 Å². The van der Waals surface area contributed by atoms with Crippen LogP contribution in [0.25, 0.3) is 0 Å². The van der Waals surface area contributed by atoms with Gasteiger partial charge in [0.15, 0.2) is 18.3 Å². The molecule has 1 amide bonds. The van der Waals surface area contributed by atoms with Gasteiger partial charge in [-0.25, -0.2) is 0 Å². The number of hydrogen-bond donors (Lipinski definition) is 2. The maximum absolute atomic E-state index is 12.2. The number of nitrogens with one attached hydrogen (secondary N) is 1. The lowest BCUT2D eigenvalue weighted by atomic mass is 10.0. The molecule has 0 aliphatic rings. The minimum absolute atomic E-state index is 0.0358. The van der Waals surface area contributed by atoms with E-state index in [4.69, 9.17) is 4.42 Å². The molecule has 0 saturated heterocycles. The van der Waals surface area contributed by atoms with Gasteiger partial charge in [0, 0.05) is 11.3 Å². The molecule has 0 spiro atoms. The van der Waals surface area contributed by atoms with Gasteiger partial charge in [0.25, 0.3) is 5.91 Å². The van der Waals surface area contributed by atoms with E-state index in [0.29, 0.717) is 6.54 Å². The third-order valence-corrected chi connectivity index (χ3v) is 3.88. The highest BCUT2D eigenvalue weighted by Gasteiger charge is 2.21. The van der Waals surface area contributed by atoms with Crippen LogP contribution in [0.15, 0.2) is 77.4 Å². The summed E-state index contributed by atoms with van der Waals surface area (Å²) in [5.41, 5.74) is 3.09.